The molecule has 6 nitrogen and oxygen atoms in total. The molecule has 0 spiro atoms. The third kappa shape index (κ3) is 3.38. The van der Waals surface area contributed by atoms with E-state index in [1.165, 1.54) is 4.90 Å². The zero-order valence-corrected chi connectivity index (χ0v) is 17.4. The van der Waals surface area contributed by atoms with Gasteiger partial charge in [-0.25, -0.2) is 9.88 Å². The molecule has 3 aromatic rings. The van der Waals surface area contributed by atoms with Crippen molar-refractivity contribution in [1.82, 2.24) is 14.9 Å². The highest BCUT2D eigenvalue weighted by Crippen LogP contribution is 2.32. The minimum Gasteiger partial charge on any atom is -0.342 e. The molecule has 0 unspecified atom stereocenters. The first-order chi connectivity index (χ1) is 14.1. The van der Waals surface area contributed by atoms with Crippen molar-refractivity contribution in [3.63, 3.8) is 0 Å². The Labute approximate surface area is 177 Å². The number of aromatic amines is 1. The van der Waals surface area contributed by atoms with Gasteiger partial charge in [0.1, 0.15) is 5.82 Å². The number of amides is 2. The summed E-state index contributed by atoms with van der Waals surface area (Å²) in [5, 5.41) is 0. The lowest BCUT2D eigenvalue weighted by Gasteiger charge is -2.34. The van der Waals surface area contributed by atoms with Gasteiger partial charge in [0.25, 0.3) is 5.91 Å². The van der Waals surface area contributed by atoms with Crippen LogP contribution in [0.1, 0.15) is 31.0 Å². The largest absolute Gasteiger partial charge is 0.342 e. The van der Waals surface area contributed by atoms with E-state index >= 15 is 0 Å². The molecule has 2 aromatic carbocycles. The van der Waals surface area contributed by atoms with Crippen molar-refractivity contribution < 1.29 is 9.59 Å². The van der Waals surface area contributed by atoms with Crippen LogP contribution in [-0.4, -0.2) is 45.8 Å². The predicted molar refractivity (Wildman–Crippen MR) is 115 cm³/mol. The van der Waals surface area contributed by atoms with Crippen LogP contribution in [0.4, 0.5) is 5.69 Å². The quantitative estimate of drug-likeness (QED) is 0.612. The number of nitrogens with one attached hydrogen (secondary N) is 1. The Morgan fingerprint density at radius 2 is 1.72 bits per heavy atom. The van der Waals surface area contributed by atoms with E-state index in [0.717, 1.165) is 47.3 Å². The summed E-state index contributed by atoms with van der Waals surface area (Å²) in [5.74, 6) is 1.14. The SMILES string of the molecule is O=C1C[C@@H](N2CCC(c3nc4ccccc4[nH]3)CC2)C(=O)N1c1ccc(Br)cc1. The first kappa shape index (κ1) is 18.5. The Bertz CT molecular complexity index is 1040. The van der Waals surface area contributed by atoms with Crippen LogP contribution >= 0.6 is 15.9 Å². The highest BCUT2D eigenvalue weighted by atomic mass is 79.9. The molecule has 2 amide bonds. The number of imidazole rings is 1. The van der Waals surface area contributed by atoms with Gasteiger partial charge in [-0.2, -0.15) is 0 Å². The maximum absolute atomic E-state index is 13.0. The van der Waals surface area contributed by atoms with Gasteiger partial charge in [-0.3, -0.25) is 14.5 Å². The summed E-state index contributed by atoms with van der Waals surface area (Å²) >= 11 is 3.39. The van der Waals surface area contributed by atoms with Crippen LogP contribution < -0.4 is 4.90 Å². The minimum atomic E-state index is -0.359. The summed E-state index contributed by atoms with van der Waals surface area (Å²) in [6.07, 6.45) is 2.11. The monoisotopic (exact) mass is 452 g/mol. The molecule has 2 aliphatic rings. The van der Waals surface area contributed by atoms with Crippen molar-refractivity contribution >= 4 is 44.5 Å². The number of likely N-dealkylation sites (tertiary alicyclic amines) is 1. The van der Waals surface area contributed by atoms with Crippen molar-refractivity contribution in [2.75, 3.05) is 18.0 Å². The van der Waals surface area contributed by atoms with Gasteiger partial charge >= 0.3 is 0 Å². The molecular weight excluding hydrogens is 432 g/mol. The molecule has 0 saturated carbocycles. The number of benzene rings is 2. The Kier molecular flexibility index (Phi) is 4.72. The average Bonchev–Trinajstić information content (AvgIpc) is 3.30. The first-order valence-corrected chi connectivity index (χ1v) is 10.7. The second-order valence-corrected chi connectivity index (χ2v) is 8.63. The lowest BCUT2D eigenvalue weighted by Crippen LogP contribution is -2.45. The van der Waals surface area contributed by atoms with E-state index < -0.39 is 0 Å². The molecule has 1 N–H and O–H groups in total. The molecule has 7 heteroatoms. The molecule has 29 heavy (non-hydrogen) atoms. The molecule has 2 saturated heterocycles. The number of carbonyl (C=O) groups is 2. The Morgan fingerprint density at radius 3 is 2.45 bits per heavy atom. The van der Waals surface area contributed by atoms with E-state index in [1.807, 2.05) is 36.4 Å². The number of aromatic nitrogens is 2. The third-order valence-electron chi connectivity index (χ3n) is 5.97. The maximum Gasteiger partial charge on any atom is 0.251 e. The number of anilines is 1. The zero-order chi connectivity index (χ0) is 20.0. The number of hydrogen-bond acceptors (Lipinski definition) is 4. The van der Waals surface area contributed by atoms with Gasteiger partial charge in [0, 0.05) is 10.4 Å². The highest BCUT2D eigenvalue weighted by Gasteiger charge is 2.43. The van der Waals surface area contributed by atoms with Gasteiger partial charge in [-0.1, -0.05) is 28.1 Å². The minimum absolute atomic E-state index is 0.112. The fourth-order valence-corrected chi connectivity index (χ4v) is 4.68. The average molecular weight is 453 g/mol. The Hall–Kier alpha value is -2.51. The first-order valence-electron chi connectivity index (χ1n) is 9.91. The molecule has 0 radical (unpaired) electrons. The molecule has 3 heterocycles. The van der Waals surface area contributed by atoms with Gasteiger partial charge in [0.2, 0.25) is 5.91 Å². The van der Waals surface area contributed by atoms with Crippen molar-refractivity contribution in [3.8, 4) is 0 Å². The van der Waals surface area contributed by atoms with Crippen LogP contribution in [-0.2, 0) is 9.59 Å². The third-order valence-corrected chi connectivity index (χ3v) is 6.50. The highest BCUT2D eigenvalue weighted by molar-refractivity contribution is 9.10. The molecule has 1 aromatic heterocycles. The van der Waals surface area contributed by atoms with Crippen LogP contribution in [0.15, 0.2) is 53.0 Å². The standard InChI is InChI=1S/C22H21BrN4O2/c23-15-5-7-16(8-6-15)27-20(28)13-19(22(27)29)26-11-9-14(10-12-26)21-24-17-3-1-2-4-18(17)25-21/h1-8,14,19H,9-13H2,(H,24,25)/t19-/m1/s1. The number of fused-ring (bicyclic) bond motifs is 1. The topological polar surface area (TPSA) is 69.3 Å². The second-order valence-electron chi connectivity index (χ2n) is 7.71. The number of halogens is 1. The number of piperidine rings is 1. The van der Waals surface area contributed by atoms with Crippen LogP contribution in [0.3, 0.4) is 0 Å². The summed E-state index contributed by atoms with van der Waals surface area (Å²) in [4.78, 5) is 37.2. The van der Waals surface area contributed by atoms with Crippen molar-refractivity contribution in [1.29, 1.82) is 0 Å². The number of rotatable bonds is 3. The van der Waals surface area contributed by atoms with E-state index in [2.05, 4.69) is 25.8 Å². The molecule has 148 valence electrons. The lowest BCUT2D eigenvalue weighted by atomic mass is 9.95. The van der Waals surface area contributed by atoms with Crippen LogP contribution in [0, 0.1) is 0 Å². The normalized spacial score (nSPS) is 21.4. The van der Waals surface area contributed by atoms with Gasteiger partial charge in [0.05, 0.1) is 29.2 Å². The Balaban J connectivity index is 1.27. The number of hydrogen-bond donors (Lipinski definition) is 1. The van der Waals surface area contributed by atoms with Crippen LogP contribution in [0.5, 0.6) is 0 Å². The zero-order valence-electron chi connectivity index (χ0n) is 15.8. The van der Waals surface area contributed by atoms with E-state index in [4.69, 9.17) is 4.98 Å². The lowest BCUT2D eigenvalue weighted by molar-refractivity contribution is -0.123. The number of para-hydroxylation sites is 2. The molecule has 2 aliphatic heterocycles. The van der Waals surface area contributed by atoms with E-state index in [-0.39, 0.29) is 24.3 Å². The second kappa shape index (κ2) is 7.39. The summed E-state index contributed by atoms with van der Waals surface area (Å²) in [6, 6.07) is 15.0. The maximum atomic E-state index is 13.0. The molecule has 2 fully saturated rings. The van der Waals surface area contributed by atoms with Gasteiger partial charge < -0.3 is 4.98 Å². The molecule has 0 aliphatic carbocycles. The number of imide groups is 1. The predicted octanol–water partition coefficient (Wildman–Crippen LogP) is 3.84. The molecular formula is C22H21BrN4O2. The van der Waals surface area contributed by atoms with Crippen molar-refractivity contribution in [2.24, 2.45) is 0 Å². The molecule has 0 bridgehead atoms. The van der Waals surface area contributed by atoms with Gasteiger partial charge in [-0.15, -0.1) is 0 Å². The fraction of sp³-hybridized carbons (Fsp3) is 0.318. The number of carbonyl (C=O) groups excluding carboxylic acids is 2. The van der Waals surface area contributed by atoms with Gasteiger partial charge in [0.15, 0.2) is 0 Å². The summed E-state index contributed by atoms with van der Waals surface area (Å²) in [6.45, 7) is 1.58. The summed E-state index contributed by atoms with van der Waals surface area (Å²) in [7, 11) is 0. The molecule has 1 atom stereocenters. The number of H-pyrrole nitrogens is 1. The van der Waals surface area contributed by atoms with E-state index in [0.29, 0.717) is 11.6 Å². The van der Waals surface area contributed by atoms with E-state index in [1.54, 1.807) is 12.1 Å². The Morgan fingerprint density at radius 1 is 1.00 bits per heavy atom. The smallest absolute Gasteiger partial charge is 0.251 e. The van der Waals surface area contributed by atoms with Crippen LogP contribution in [0.2, 0.25) is 0 Å². The van der Waals surface area contributed by atoms with Crippen molar-refractivity contribution in [2.45, 2.75) is 31.2 Å². The fourth-order valence-electron chi connectivity index (χ4n) is 4.41. The summed E-state index contributed by atoms with van der Waals surface area (Å²) in [5.41, 5.74) is 2.70. The number of nitrogens with zero attached hydrogens (tertiary/aromatic N) is 3. The van der Waals surface area contributed by atoms with Crippen LogP contribution in [0.25, 0.3) is 11.0 Å². The van der Waals surface area contributed by atoms with Crippen molar-refractivity contribution in [3.05, 3.63) is 58.8 Å². The van der Waals surface area contributed by atoms with Gasteiger partial charge in [-0.05, 0) is 62.3 Å². The van der Waals surface area contributed by atoms with E-state index in [9.17, 15) is 9.59 Å². The molecule has 5 rings (SSSR count). The summed E-state index contributed by atoms with van der Waals surface area (Å²) < 4.78 is 0.921.